The monoisotopic (exact) mass is 228 g/mol. The SMILES string of the molecule is Cc1cn2cccc(C3CCCCC3=O)c2n1. The highest BCUT2D eigenvalue weighted by atomic mass is 16.1. The van der Waals surface area contributed by atoms with Gasteiger partial charge in [0.1, 0.15) is 11.4 Å². The Morgan fingerprint density at radius 2 is 2.29 bits per heavy atom. The van der Waals surface area contributed by atoms with Gasteiger partial charge in [0.05, 0.1) is 5.69 Å². The number of carbonyl (C=O) groups excluding carboxylic acids is 1. The van der Waals surface area contributed by atoms with E-state index >= 15 is 0 Å². The summed E-state index contributed by atoms with van der Waals surface area (Å²) in [7, 11) is 0. The maximum atomic E-state index is 12.0. The lowest BCUT2D eigenvalue weighted by Crippen LogP contribution is -2.17. The van der Waals surface area contributed by atoms with Crippen molar-refractivity contribution < 1.29 is 4.79 Å². The molecule has 88 valence electrons. The summed E-state index contributed by atoms with van der Waals surface area (Å²) < 4.78 is 2.02. The molecule has 3 rings (SSSR count). The summed E-state index contributed by atoms with van der Waals surface area (Å²) in [5.41, 5.74) is 3.05. The number of carbonyl (C=O) groups is 1. The van der Waals surface area contributed by atoms with Gasteiger partial charge in [0.2, 0.25) is 0 Å². The number of imidazole rings is 1. The van der Waals surface area contributed by atoms with Crippen LogP contribution >= 0.6 is 0 Å². The van der Waals surface area contributed by atoms with Crippen molar-refractivity contribution in [2.45, 2.75) is 38.5 Å². The van der Waals surface area contributed by atoms with E-state index in [9.17, 15) is 4.79 Å². The third-order valence-corrected chi connectivity index (χ3v) is 3.56. The molecule has 3 heteroatoms. The van der Waals surface area contributed by atoms with E-state index in [1.807, 2.05) is 29.8 Å². The molecule has 1 saturated carbocycles. The number of aromatic nitrogens is 2. The third-order valence-electron chi connectivity index (χ3n) is 3.56. The Morgan fingerprint density at radius 3 is 3.12 bits per heavy atom. The Labute approximate surface area is 100 Å². The second-order valence-electron chi connectivity index (χ2n) is 4.84. The highest BCUT2D eigenvalue weighted by Gasteiger charge is 2.26. The van der Waals surface area contributed by atoms with Gasteiger partial charge in [-0.2, -0.15) is 0 Å². The topological polar surface area (TPSA) is 34.4 Å². The van der Waals surface area contributed by atoms with E-state index in [0.717, 1.165) is 42.6 Å². The van der Waals surface area contributed by atoms with E-state index in [4.69, 9.17) is 0 Å². The number of hydrogen-bond acceptors (Lipinski definition) is 2. The van der Waals surface area contributed by atoms with Crippen LogP contribution in [-0.4, -0.2) is 15.2 Å². The first-order valence-electron chi connectivity index (χ1n) is 6.22. The van der Waals surface area contributed by atoms with Gasteiger partial charge in [-0.1, -0.05) is 12.5 Å². The molecule has 1 atom stereocenters. The minimum absolute atomic E-state index is 0.0641. The van der Waals surface area contributed by atoms with Crippen LogP contribution in [0, 0.1) is 6.92 Å². The molecule has 0 amide bonds. The molecular weight excluding hydrogens is 212 g/mol. The molecule has 1 aliphatic rings. The van der Waals surface area contributed by atoms with E-state index in [1.54, 1.807) is 0 Å². The van der Waals surface area contributed by atoms with Crippen LogP contribution in [-0.2, 0) is 4.79 Å². The zero-order valence-electron chi connectivity index (χ0n) is 10.0. The molecular formula is C14H16N2O. The van der Waals surface area contributed by atoms with Crippen molar-refractivity contribution in [1.29, 1.82) is 0 Å². The molecule has 1 unspecified atom stereocenters. The van der Waals surface area contributed by atoms with Crippen LogP contribution < -0.4 is 0 Å². The van der Waals surface area contributed by atoms with Crippen LogP contribution in [0.25, 0.3) is 5.65 Å². The third kappa shape index (κ3) is 1.75. The molecule has 0 radical (unpaired) electrons. The normalized spacial score (nSPS) is 21.0. The predicted molar refractivity (Wildman–Crippen MR) is 66.1 cm³/mol. The Hall–Kier alpha value is -1.64. The number of hydrogen-bond donors (Lipinski definition) is 0. The summed E-state index contributed by atoms with van der Waals surface area (Å²) in [5.74, 6) is 0.444. The zero-order chi connectivity index (χ0) is 11.8. The largest absolute Gasteiger partial charge is 0.307 e. The standard InChI is InChI=1S/C14H16N2O/c1-10-9-16-8-4-6-12(14(16)15-10)11-5-2-3-7-13(11)17/h4,6,8-9,11H,2-3,5,7H2,1H3. The van der Waals surface area contributed by atoms with Gasteiger partial charge in [-0.05, 0) is 25.8 Å². The van der Waals surface area contributed by atoms with Gasteiger partial charge in [-0.3, -0.25) is 4.79 Å². The maximum Gasteiger partial charge on any atom is 0.140 e. The molecule has 0 bridgehead atoms. The fraction of sp³-hybridized carbons (Fsp3) is 0.429. The van der Waals surface area contributed by atoms with E-state index in [2.05, 4.69) is 11.1 Å². The Balaban J connectivity index is 2.12. The van der Waals surface area contributed by atoms with E-state index < -0.39 is 0 Å². The van der Waals surface area contributed by atoms with Gasteiger partial charge in [-0.15, -0.1) is 0 Å². The molecule has 2 heterocycles. The average Bonchev–Trinajstić information content (AvgIpc) is 2.70. The second-order valence-corrected chi connectivity index (χ2v) is 4.84. The van der Waals surface area contributed by atoms with Gasteiger partial charge in [0, 0.05) is 30.3 Å². The molecule has 0 saturated heterocycles. The second kappa shape index (κ2) is 3.99. The van der Waals surface area contributed by atoms with Crippen molar-refractivity contribution in [2.24, 2.45) is 0 Å². The molecule has 0 aromatic carbocycles. The van der Waals surface area contributed by atoms with E-state index in [-0.39, 0.29) is 5.92 Å². The molecule has 2 aromatic heterocycles. The number of ketones is 1. The van der Waals surface area contributed by atoms with Gasteiger partial charge in [0.15, 0.2) is 0 Å². The van der Waals surface area contributed by atoms with Crippen LogP contribution in [0.5, 0.6) is 0 Å². The molecule has 17 heavy (non-hydrogen) atoms. The number of fused-ring (bicyclic) bond motifs is 1. The highest BCUT2D eigenvalue weighted by Crippen LogP contribution is 2.31. The van der Waals surface area contributed by atoms with Crippen molar-refractivity contribution in [3.05, 3.63) is 35.8 Å². The number of nitrogens with zero attached hydrogens (tertiary/aromatic N) is 2. The fourth-order valence-electron chi connectivity index (χ4n) is 2.74. The lowest BCUT2D eigenvalue weighted by atomic mass is 9.83. The fourth-order valence-corrected chi connectivity index (χ4v) is 2.74. The number of aryl methyl sites for hydroxylation is 1. The predicted octanol–water partition coefficient (Wildman–Crippen LogP) is 2.87. The molecule has 1 aliphatic carbocycles. The minimum atomic E-state index is 0.0641. The van der Waals surface area contributed by atoms with Crippen LogP contribution in [0.3, 0.4) is 0 Å². The first-order chi connectivity index (χ1) is 8.25. The summed E-state index contributed by atoms with van der Waals surface area (Å²) in [5, 5.41) is 0. The van der Waals surface area contributed by atoms with Gasteiger partial charge in [0.25, 0.3) is 0 Å². The van der Waals surface area contributed by atoms with Crippen LogP contribution in [0.15, 0.2) is 24.5 Å². The number of pyridine rings is 1. The Kier molecular flexibility index (Phi) is 2.46. The summed E-state index contributed by atoms with van der Waals surface area (Å²) in [6, 6.07) is 4.06. The molecule has 0 N–H and O–H groups in total. The van der Waals surface area contributed by atoms with E-state index in [1.165, 1.54) is 0 Å². The van der Waals surface area contributed by atoms with Crippen LogP contribution in [0.2, 0.25) is 0 Å². The van der Waals surface area contributed by atoms with E-state index in [0.29, 0.717) is 5.78 Å². The summed E-state index contributed by atoms with van der Waals surface area (Å²) >= 11 is 0. The van der Waals surface area contributed by atoms with Crippen molar-refractivity contribution in [2.75, 3.05) is 0 Å². The highest BCUT2D eigenvalue weighted by molar-refractivity contribution is 5.88. The minimum Gasteiger partial charge on any atom is -0.307 e. The zero-order valence-corrected chi connectivity index (χ0v) is 10.0. The summed E-state index contributed by atoms with van der Waals surface area (Å²) in [4.78, 5) is 16.5. The number of rotatable bonds is 1. The lowest BCUT2D eigenvalue weighted by Gasteiger charge is -2.20. The first kappa shape index (κ1) is 10.5. The van der Waals surface area contributed by atoms with Gasteiger partial charge < -0.3 is 4.40 Å². The average molecular weight is 228 g/mol. The van der Waals surface area contributed by atoms with Crippen LogP contribution in [0.4, 0.5) is 0 Å². The Bertz CT molecular complexity index is 571. The van der Waals surface area contributed by atoms with Gasteiger partial charge >= 0.3 is 0 Å². The molecule has 2 aromatic rings. The molecule has 0 aliphatic heterocycles. The molecule has 1 fully saturated rings. The summed E-state index contributed by atoms with van der Waals surface area (Å²) in [6.07, 6.45) is 7.90. The van der Waals surface area contributed by atoms with Gasteiger partial charge in [-0.25, -0.2) is 4.98 Å². The Morgan fingerprint density at radius 1 is 1.41 bits per heavy atom. The smallest absolute Gasteiger partial charge is 0.140 e. The van der Waals surface area contributed by atoms with Crippen molar-refractivity contribution >= 4 is 11.4 Å². The van der Waals surface area contributed by atoms with Crippen molar-refractivity contribution in [3.63, 3.8) is 0 Å². The van der Waals surface area contributed by atoms with Crippen molar-refractivity contribution in [1.82, 2.24) is 9.38 Å². The quantitative estimate of drug-likeness (QED) is 0.752. The first-order valence-corrected chi connectivity index (χ1v) is 6.22. The molecule has 3 nitrogen and oxygen atoms in total. The van der Waals surface area contributed by atoms with Crippen molar-refractivity contribution in [3.8, 4) is 0 Å². The van der Waals surface area contributed by atoms with Crippen LogP contribution in [0.1, 0.15) is 42.9 Å². The maximum absolute atomic E-state index is 12.0. The number of Topliss-reactive ketones (excluding diaryl/α,β-unsaturated/α-hetero) is 1. The molecule has 0 spiro atoms. The lowest BCUT2D eigenvalue weighted by molar-refractivity contribution is -0.121. The summed E-state index contributed by atoms with van der Waals surface area (Å²) in [6.45, 7) is 1.99.